The molecule has 0 aliphatic rings. The fourth-order valence-electron chi connectivity index (χ4n) is 1.98. The topological polar surface area (TPSA) is 44.4 Å². The molecule has 0 aromatic heterocycles. The molecule has 1 rings (SSSR count). The molecule has 0 atom stereocenters. The minimum atomic E-state index is -0.263. The lowest BCUT2D eigenvalue weighted by Gasteiger charge is -2.27. The molecule has 0 spiro atoms. The lowest BCUT2D eigenvalue weighted by atomic mass is 10.1. The quantitative estimate of drug-likeness (QED) is 0.846. The smallest absolute Gasteiger partial charge is 0.239 e. The summed E-state index contributed by atoms with van der Waals surface area (Å²) < 4.78 is 13.5. The minimum Gasteiger partial charge on any atom is -0.362 e. The number of carbonyl (C=O) groups excluding carboxylic acids is 1. The van der Waals surface area contributed by atoms with Crippen molar-refractivity contribution >= 4 is 11.6 Å². The van der Waals surface area contributed by atoms with Crippen LogP contribution in [0.15, 0.2) is 18.2 Å². The number of nitrogens with zero attached hydrogens (tertiary/aromatic N) is 1. The van der Waals surface area contributed by atoms with Crippen molar-refractivity contribution in [3.63, 3.8) is 0 Å². The Morgan fingerprint density at radius 2 is 2.00 bits per heavy atom. The van der Waals surface area contributed by atoms with Crippen molar-refractivity contribution in [3.05, 3.63) is 29.6 Å². The van der Waals surface area contributed by atoms with Crippen LogP contribution >= 0.6 is 0 Å². The number of nitrogens with one attached hydrogen (secondary N) is 2. The van der Waals surface area contributed by atoms with E-state index in [1.54, 1.807) is 13.1 Å². The Labute approximate surface area is 126 Å². The summed E-state index contributed by atoms with van der Waals surface area (Å²) in [5.74, 6) is -0.323. The number of amides is 1. The van der Waals surface area contributed by atoms with Crippen molar-refractivity contribution in [2.24, 2.45) is 0 Å². The molecule has 0 radical (unpaired) electrons. The summed E-state index contributed by atoms with van der Waals surface area (Å²) in [5.41, 5.74) is 1.69. The average Bonchev–Trinajstić information content (AvgIpc) is 2.42. The molecule has 0 fully saturated rings. The zero-order valence-corrected chi connectivity index (χ0v) is 13.6. The van der Waals surface area contributed by atoms with Crippen LogP contribution < -0.4 is 15.5 Å². The molecule has 21 heavy (non-hydrogen) atoms. The number of hydrogen-bond acceptors (Lipinski definition) is 3. The van der Waals surface area contributed by atoms with Gasteiger partial charge in [0.15, 0.2) is 0 Å². The summed E-state index contributed by atoms with van der Waals surface area (Å²) in [7, 11) is 1.61. The second-order valence-corrected chi connectivity index (χ2v) is 6.06. The first kappa shape index (κ1) is 17.4. The molecular formula is C16H26FN3O. The normalized spacial score (nSPS) is 11.3. The van der Waals surface area contributed by atoms with Crippen LogP contribution in [0.5, 0.6) is 0 Å². The second kappa shape index (κ2) is 7.41. The van der Waals surface area contributed by atoms with Gasteiger partial charge in [-0.2, -0.15) is 0 Å². The molecular weight excluding hydrogens is 269 g/mol. The van der Waals surface area contributed by atoms with Gasteiger partial charge in [-0.3, -0.25) is 4.79 Å². The van der Waals surface area contributed by atoms with Crippen LogP contribution in [0.4, 0.5) is 10.1 Å². The van der Waals surface area contributed by atoms with Crippen LogP contribution in [-0.4, -0.2) is 31.6 Å². The van der Waals surface area contributed by atoms with Crippen molar-refractivity contribution in [3.8, 4) is 0 Å². The summed E-state index contributed by atoms with van der Waals surface area (Å²) in [5, 5.41) is 5.97. The molecule has 0 unspecified atom stereocenters. The fraction of sp³-hybridized carbons (Fsp3) is 0.562. The van der Waals surface area contributed by atoms with Gasteiger partial charge >= 0.3 is 0 Å². The van der Waals surface area contributed by atoms with Crippen LogP contribution in [0.1, 0.15) is 33.3 Å². The second-order valence-electron chi connectivity index (χ2n) is 6.06. The van der Waals surface area contributed by atoms with Gasteiger partial charge in [0.2, 0.25) is 5.91 Å². The molecule has 0 saturated heterocycles. The Morgan fingerprint density at radius 1 is 1.33 bits per heavy atom. The largest absolute Gasteiger partial charge is 0.362 e. The van der Waals surface area contributed by atoms with Gasteiger partial charge in [-0.15, -0.1) is 0 Å². The van der Waals surface area contributed by atoms with Crippen LogP contribution in [0.3, 0.4) is 0 Å². The van der Waals surface area contributed by atoms with Gasteiger partial charge in [0.05, 0.1) is 6.54 Å². The Balaban J connectivity index is 3.00. The molecule has 0 aliphatic heterocycles. The van der Waals surface area contributed by atoms with E-state index < -0.39 is 0 Å². The maximum Gasteiger partial charge on any atom is 0.239 e. The third kappa shape index (κ3) is 5.71. The van der Waals surface area contributed by atoms with E-state index in [1.165, 1.54) is 12.1 Å². The summed E-state index contributed by atoms with van der Waals surface area (Å²) in [4.78, 5) is 13.5. The average molecular weight is 295 g/mol. The maximum absolute atomic E-state index is 13.5. The monoisotopic (exact) mass is 295 g/mol. The number of halogens is 1. The zero-order chi connectivity index (χ0) is 16.0. The van der Waals surface area contributed by atoms with E-state index in [1.807, 2.05) is 11.8 Å². The Kier molecular flexibility index (Phi) is 6.15. The number of benzene rings is 1. The molecule has 0 bridgehead atoms. The first-order valence-corrected chi connectivity index (χ1v) is 7.25. The third-order valence-corrected chi connectivity index (χ3v) is 3.19. The molecule has 4 nitrogen and oxygen atoms in total. The van der Waals surface area contributed by atoms with Gasteiger partial charge in [0.25, 0.3) is 0 Å². The van der Waals surface area contributed by atoms with Gasteiger partial charge in [-0.05, 0) is 51.5 Å². The van der Waals surface area contributed by atoms with Crippen molar-refractivity contribution in [1.82, 2.24) is 10.6 Å². The maximum atomic E-state index is 13.5. The first-order chi connectivity index (χ1) is 9.76. The van der Waals surface area contributed by atoms with Crippen LogP contribution in [0.25, 0.3) is 0 Å². The Hall–Kier alpha value is -1.62. The highest BCUT2D eigenvalue weighted by atomic mass is 19.1. The van der Waals surface area contributed by atoms with E-state index in [2.05, 4.69) is 31.4 Å². The van der Waals surface area contributed by atoms with Crippen LogP contribution in [0, 0.1) is 5.82 Å². The number of anilines is 1. The molecule has 2 N–H and O–H groups in total. The Bertz CT molecular complexity index is 483. The lowest BCUT2D eigenvalue weighted by molar-refractivity contribution is -0.119. The molecule has 1 aromatic rings. The van der Waals surface area contributed by atoms with Crippen molar-refractivity contribution in [2.45, 2.75) is 39.8 Å². The molecule has 0 heterocycles. The predicted molar refractivity (Wildman–Crippen MR) is 84.9 cm³/mol. The summed E-state index contributed by atoms with van der Waals surface area (Å²) in [6.45, 7) is 9.67. The highest BCUT2D eigenvalue weighted by Gasteiger charge is 2.16. The first-order valence-electron chi connectivity index (χ1n) is 7.25. The molecule has 118 valence electrons. The van der Waals surface area contributed by atoms with E-state index in [0.29, 0.717) is 13.1 Å². The zero-order valence-electron chi connectivity index (χ0n) is 13.6. The van der Waals surface area contributed by atoms with E-state index >= 15 is 0 Å². The van der Waals surface area contributed by atoms with E-state index in [0.717, 1.165) is 11.3 Å². The summed E-state index contributed by atoms with van der Waals surface area (Å²) in [6.07, 6.45) is 0. The van der Waals surface area contributed by atoms with Gasteiger partial charge < -0.3 is 15.5 Å². The van der Waals surface area contributed by atoms with E-state index in [-0.39, 0.29) is 23.8 Å². The molecule has 0 aliphatic carbocycles. The van der Waals surface area contributed by atoms with Crippen LogP contribution in [0.2, 0.25) is 0 Å². The SMILES string of the molecule is CCN(CC(=O)NC)c1ccc(F)cc1CNC(C)(C)C. The Morgan fingerprint density at radius 3 is 2.52 bits per heavy atom. The highest BCUT2D eigenvalue weighted by molar-refractivity contribution is 5.81. The minimum absolute atomic E-state index is 0.0541. The standard InChI is InChI=1S/C16H26FN3O/c1-6-20(11-15(21)18-5)14-8-7-13(17)9-12(14)10-19-16(2,3)4/h7-9,19H,6,10-11H2,1-5H3,(H,18,21). The lowest BCUT2D eigenvalue weighted by Crippen LogP contribution is -2.38. The van der Waals surface area contributed by atoms with Gasteiger partial charge in [0, 0.05) is 31.4 Å². The van der Waals surface area contributed by atoms with Gasteiger partial charge in [-0.25, -0.2) is 4.39 Å². The molecule has 1 amide bonds. The van der Waals surface area contributed by atoms with Crippen molar-refractivity contribution in [2.75, 3.05) is 25.0 Å². The van der Waals surface area contributed by atoms with Gasteiger partial charge in [-0.1, -0.05) is 0 Å². The van der Waals surface area contributed by atoms with Crippen molar-refractivity contribution in [1.29, 1.82) is 0 Å². The fourth-order valence-corrected chi connectivity index (χ4v) is 1.98. The number of hydrogen-bond donors (Lipinski definition) is 2. The van der Waals surface area contributed by atoms with Crippen LogP contribution in [-0.2, 0) is 11.3 Å². The number of carbonyl (C=O) groups is 1. The number of rotatable bonds is 6. The molecule has 5 heteroatoms. The van der Waals surface area contributed by atoms with Crippen molar-refractivity contribution < 1.29 is 9.18 Å². The van der Waals surface area contributed by atoms with E-state index in [9.17, 15) is 9.18 Å². The predicted octanol–water partition coefficient (Wildman–Crippen LogP) is 2.29. The summed E-state index contributed by atoms with van der Waals surface area (Å²) >= 11 is 0. The molecule has 1 aromatic carbocycles. The number of likely N-dealkylation sites (N-methyl/N-ethyl adjacent to an activating group) is 2. The van der Waals surface area contributed by atoms with Gasteiger partial charge in [0.1, 0.15) is 5.82 Å². The molecule has 0 saturated carbocycles. The highest BCUT2D eigenvalue weighted by Crippen LogP contribution is 2.22. The third-order valence-electron chi connectivity index (χ3n) is 3.19. The summed E-state index contributed by atoms with van der Waals surface area (Å²) in [6, 6.07) is 4.70. The van der Waals surface area contributed by atoms with E-state index in [4.69, 9.17) is 0 Å².